The third-order valence-electron chi connectivity index (χ3n) is 7.32. The van der Waals surface area contributed by atoms with Gasteiger partial charge in [0.1, 0.15) is 11.6 Å². The molecule has 0 saturated carbocycles. The third kappa shape index (κ3) is 7.54. The van der Waals surface area contributed by atoms with Crippen LogP contribution in [0.4, 0.5) is 8.78 Å². The molecule has 0 aliphatic heterocycles. The molecular weight excluding hydrogens is 833 g/mol. The molecule has 7 aromatic rings. The van der Waals surface area contributed by atoms with Crippen LogP contribution in [0.2, 0.25) is 10.0 Å². The lowest BCUT2D eigenvalue weighted by Gasteiger charge is -2.09. The summed E-state index contributed by atoms with van der Waals surface area (Å²) in [5, 5.41) is 3.30. The molecule has 0 amide bonds. The number of aromatic nitrogens is 1. The summed E-state index contributed by atoms with van der Waals surface area (Å²) in [5.74, 6) is -0.508. The second kappa shape index (κ2) is 15.5. The maximum atomic E-state index is 14.3. The number of alkyl halides is 1. The van der Waals surface area contributed by atoms with Crippen LogP contribution in [0.15, 0.2) is 133 Å². The van der Waals surface area contributed by atoms with Crippen LogP contribution < -0.4 is 0 Å². The first-order valence-corrected chi connectivity index (χ1v) is 18.0. The van der Waals surface area contributed by atoms with Gasteiger partial charge in [-0.05, 0) is 105 Å². The van der Waals surface area contributed by atoms with E-state index < -0.39 is 0 Å². The summed E-state index contributed by atoms with van der Waals surface area (Å²) in [6, 6.07) is 42.4. The highest BCUT2D eigenvalue weighted by molar-refractivity contribution is 14.1. The zero-order valence-corrected chi connectivity index (χ0v) is 30.0. The smallest absolute Gasteiger partial charge is 0.147 e. The fourth-order valence-electron chi connectivity index (χ4n) is 5.39. The van der Waals surface area contributed by atoms with Crippen LogP contribution in [0, 0.1) is 15.2 Å². The molecule has 0 spiro atoms. The van der Waals surface area contributed by atoms with Crippen molar-refractivity contribution in [1.29, 1.82) is 0 Å². The first kappa shape index (κ1) is 33.4. The van der Waals surface area contributed by atoms with Gasteiger partial charge in [-0.2, -0.15) is 0 Å². The average Bonchev–Trinajstić information content (AvgIpc) is 3.62. The molecule has 1 aliphatic rings. The minimum absolute atomic E-state index is 0.222. The Bertz CT molecular complexity index is 1990. The molecule has 45 heavy (non-hydrogen) atoms. The van der Waals surface area contributed by atoms with E-state index in [1.54, 1.807) is 18.2 Å². The van der Waals surface area contributed by atoms with Crippen molar-refractivity contribution in [1.82, 2.24) is 4.57 Å². The van der Waals surface area contributed by atoms with E-state index in [0.29, 0.717) is 19.3 Å². The van der Waals surface area contributed by atoms with Crippen LogP contribution in [0.3, 0.4) is 0 Å². The van der Waals surface area contributed by atoms with Crippen molar-refractivity contribution in [3.63, 3.8) is 0 Å². The molecule has 1 heterocycles. The summed E-state index contributed by atoms with van der Waals surface area (Å²) in [4.78, 5) is 1.97. The standard InChI is InChI=1S/C18H11ClFN.C13H10.C6H3ClFI.CH3I/c19-12-9-10-15(20)18(11-12)21-16-7-3-1-5-13(16)14-6-2-4-8-17(14)21;1-3-7-12-10(5-1)9-11-6-2-4-8-13(11)12;7-4-1-2-5(8)6(9)3-4;1-2/h1-11H;1-8H,9H2;1-3H;1H3. The second-order valence-electron chi connectivity index (χ2n) is 10.0. The second-order valence-corrected chi connectivity index (χ2v) is 12.1. The van der Waals surface area contributed by atoms with E-state index in [1.165, 1.54) is 40.5 Å². The fraction of sp³-hybridized carbons (Fsp3) is 0.0526. The Balaban J connectivity index is 0.000000142. The van der Waals surface area contributed by atoms with Crippen molar-refractivity contribution in [3.8, 4) is 16.8 Å². The third-order valence-corrected chi connectivity index (χ3v) is 8.61. The maximum Gasteiger partial charge on any atom is 0.147 e. The number of halogens is 6. The highest BCUT2D eigenvalue weighted by atomic mass is 127. The van der Waals surface area contributed by atoms with Gasteiger partial charge in [-0.3, -0.25) is 0 Å². The lowest BCUT2D eigenvalue weighted by molar-refractivity contribution is 0.620. The van der Waals surface area contributed by atoms with Crippen molar-refractivity contribution in [2.75, 3.05) is 4.93 Å². The van der Waals surface area contributed by atoms with Gasteiger partial charge in [-0.25, -0.2) is 8.78 Å². The number of rotatable bonds is 1. The molecule has 0 unspecified atom stereocenters. The largest absolute Gasteiger partial charge is 0.306 e. The minimum atomic E-state index is -0.286. The van der Waals surface area contributed by atoms with Gasteiger partial charge >= 0.3 is 0 Å². The Morgan fingerprint density at radius 2 is 1.00 bits per heavy atom. The van der Waals surface area contributed by atoms with Crippen LogP contribution in [0.25, 0.3) is 38.6 Å². The van der Waals surface area contributed by atoms with Gasteiger partial charge in [-0.15, -0.1) is 0 Å². The first-order valence-electron chi connectivity index (χ1n) is 14.0. The summed E-state index contributed by atoms with van der Waals surface area (Å²) in [7, 11) is 0. The van der Waals surface area contributed by atoms with Crippen LogP contribution in [0.1, 0.15) is 11.1 Å². The molecule has 0 fully saturated rings. The Morgan fingerprint density at radius 3 is 1.51 bits per heavy atom. The van der Waals surface area contributed by atoms with E-state index in [2.05, 4.69) is 83.3 Å². The molecule has 0 N–H and O–H groups in total. The summed E-state index contributed by atoms with van der Waals surface area (Å²) in [6.45, 7) is 0. The average molecular weight is 860 g/mol. The highest BCUT2D eigenvalue weighted by Crippen LogP contribution is 2.36. The number of hydrogen-bond donors (Lipinski definition) is 0. The molecule has 1 nitrogen and oxygen atoms in total. The van der Waals surface area contributed by atoms with E-state index in [4.69, 9.17) is 23.2 Å². The van der Waals surface area contributed by atoms with Crippen LogP contribution in [-0.2, 0) is 6.42 Å². The number of para-hydroxylation sites is 2. The molecule has 1 aliphatic carbocycles. The van der Waals surface area contributed by atoms with Gasteiger partial charge in [-0.1, -0.05) is 131 Å². The topological polar surface area (TPSA) is 4.93 Å². The summed E-state index contributed by atoms with van der Waals surface area (Å²) in [6.07, 6.45) is 1.10. The van der Waals surface area contributed by atoms with E-state index in [1.807, 2.05) is 68.5 Å². The Kier molecular flexibility index (Phi) is 11.5. The SMILES string of the molecule is CI.Fc1ccc(Cl)cc1-n1c2ccccc2c2ccccc21.Fc1ccc(Cl)cc1I.c1ccc2c(c1)Cc1ccccc1-2. The Labute approximate surface area is 299 Å². The molecule has 0 saturated heterocycles. The molecular formula is C38H27Cl2F2I2N. The predicted octanol–water partition coefficient (Wildman–Crippen LogP) is 13.0. The van der Waals surface area contributed by atoms with Crippen molar-refractivity contribution in [3.05, 3.63) is 170 Å². The lowest BCUT2D eigenvalue weighted by Crippen LogP contribution is -1.97. The maximum absolute atomic E-state index is 14.3. The van der Waals surface area contributed by atoms with Crippen LogP contribution in [0.5, 0.6) is 0 Å². The minimum Gasteiger partial charge on any atom is -0.306 e. The normalized spacial score (nSPS) is 10.9. The van der Waals surface area contributed by atoms with Gasteiger partial charge in [0, 0.05) is 20.8 Å². The van der Waals surface area contributed by atoms with Crippen LogP contribution >= 0.6 is 68.4 Å². The summed E-state index contributed by atoms with van der Waals surface area (Å²) >= 11 is 15.6. The number of benzene rings is 6. The Morgan fingerprint density at radius 1 is 0.556 bits per heavy atom. The summed E-state index contributed by atoms with van der Waals surface area (Å²) in [5.41, 5.74) is 8.17. The lowest BCUT2D eigenvalue weighted by atomic mass is 10.1. The number of hydrogen-bond acceptors (Lipinski definition) is 0. The van der Waals surface area contributed by atoms with Gasteiger partial charge in [0.05, 0.1) is 20.3 Å². The summed E-state index contributed by atoms with van der Waals surface area (Å²) < 4.78 is 29.2. The van der Waals surface area contributed by atoms with Gasteiger partial charge < -0.3 is 4.57 Å². The van der Waals surface area contributed by atoms with Crippen LogP contribution in [-0.4, -0.2) is 9.50 Å². The molecule has 0 atom stereocenters. The van der Waals surface area contributed by atoms with E-state index in [0.717, 1.165) is 28.2 Å². The van der Waals surface area contributed by atoms with Gasteiger partial charge in [0.15, 0.2) is 0 Å². The number of fused-ring (bicyclic) bond motifs is 6. The Hall–Kier alpha value is -2.98. The van der Waals surface area contributed by atoms with E-state index in [9.17, 15) is 8.78 Å². The molecule has 0 radical (unpaired) electrons. The van der Waals surface area contributed by atoms with Gasteiger partial charge in [0.25, 0.3) is 0 Å². The monoisotopic (exact) mass is 859 g/mol. The van der Waals surface area contributed by atoms with Crippen molar-refractivity contribution < 1.29 is 8.78 Å². The van der Waals surface area contributed by atoms with Crippen molar-refractivity contribution in [2.45, 2.75) is 6.42 Å². The zero-order chi connectivity index (χ0) is 31.9. The molecule has 1 aromatic heterocycles. The van der Waals surface area contributed by atoms with Crippen molar-refractivity contribution >= 4 is 90.2 Å². The van der Waals surface area contributed by atoms with Crippen molar-refractivity contribution in [2.24, 2.45) is 0 Å². The molecule has 6 aromatic carbocycles. The molecule has 226 valence electrons. The quantitative estimate of drug-likeness (QED) is 0.0880. The van der Waals surface area contributed by atoms with E-state index >= 15 is 0 Å². The molecule has 0 bridgehead atoms. The number of nitrogens with zero attached hydrogens (tertiary/aromatic N) is 1. The fourth-order valence-corrected chi connectivity index (χ4v) is 6.43. The van der Waals surface area contributed by atoms with E-state index in [-0.39, 0.29) is 11.6 Å². The first-order chi connectivity index (χ1) is 21.9. The predicted molar refractivity (Wildman–Crippen MR) is 205 cm³/mol. The molecule has 8 rings (SSSR count). The van der Waals surface area contributed by atoms with Gasteiger partial charge in [0.2, 0.25) is 0 Å². The zero-order valence-electron chi connectivity index (χ0n) is 24.1. The highest BCUT2D eigenvalue weighted by Gasteiger charge is 2.16. The molecule has 7 heteroatoms.